The van der Waals surface area contributed by atoms with E-state index in [-0.39, 0.29) is 18.7 Å². The van der Waals surface area contributed by atoms with Crippen LogP contribution in [0.3, 0.4) is 0 Å². The SMILES string of the molecule is COc1ccc(N(C)C(=O)C(N)CCC(=O)O)cc1. The Balaban J connectivity index is 2.66. The van der Waals surface area contributed by atoms with Gasteiger partial charge in [0.1, 0.15) is 5.75 Å². The van der Waals surface area contributed by atoms with Gasteiger partial charge in [0.2, 0.25) is 5.91 Å². The van der Waals surface area contributed by atoms with Gasteiger partial charge < -0.3 is 20.5 Å². The van der Waals surface area contributed by atoms with E-state index in [0.29, 0.717) is 11.4 Å². The van der Waals surface area contributed by atoms with Gasteiger partial charge in [0.05, 0.1) is 13.2 Å². The molecule has 19 heavy (non-hydrogen) atoms. The molecule has 1 unspecified atom stereocenters. The highest BCUT2D eigenvalue weighted by Crippen LogP contribution is 2.18. The molecule has 6 heteroatoms. The third kappa shape index (κ3) is 4.26. The van der Waals surface area contributed by atoms with Crippen molar-refractivity contribution in [3.05, 3.63) is 24.3 Å². The van der Waals surface area contributed by atoms with Gasteiger partial charge in [0, 0.05) is 19.2 Å². The van der Waals surface area contributed by atoms with Crippen molar-refractivity contribution in [3.63, 3.8) is 0 Å². The topological polar surface area (TPSA) is 92.9 Å². The van der Waals surface area contributed by atoms with E-state index in [9.17, 15) is 9.59 Å². The molecule has 1 rings (SSSR count). The van der Waals surface area contributed by atoms with Crippen molar-refractivity contribution in [1.82, 2.24) is 0 Å². The minimum absolute atomic E-state index is 0.120. The van der Waals surface area contributed by atoms with E-state index in [0.717, 1.165) is 0 Å². The molecule has 0 saturated carbocycles. The van der Waals surface area contributed by atoms with Crippen molar-refractivity contribution in [2.45, 2.75) is 18.9 Å². The second-order valence-electron chi connectivity index (χ2n) is 4.13. The third-order valence-corrected chi connectivity index (χ3v) is 2.78. The van der Waals surface area contributed by atoms with Crippen LogP contribution in [-0.4, -0.2) is 37.2 Å². The molecule has 104 valence electrons. The van der Waals surface area contributed by atoms with E-state index in [1.54, 1.807) is 38.4 Å². The van der Waals surface area contributed by atoms with Crippen molar-refractivity contribution < 1.29 is 19.4 Å². The number of ether oxygens (including phenoxy) is 1. The first-order chi connectivity index (χ1) is 8.95. The Hall–Kier alpha value is -2.08. The van der Waals surface area contributed by atoms with Gasteiger partial charge >= 0.3 is 5.97 Å². The first-order valence-corrected chi connectivity index (χ1v) is 5.84. The van der Waals surface area contributed by atoms with Gasteiger partial charge in [-0.2, -0.15) is 0 Å². The summed E-state index contributed by atoms with van der Waals surface area (Å²) in [4.78, 5) is 23.8. The van der Waals surface area contributed by atoms with Gasteiger partial charge in [0.15, 0.2) is 0 Å². The normalized spacial score (nSPS) is 11.7. The van der Waals surface area contributed by atoms with E-state index >= 15 is 0 Å². The fourth-order valence-corrected chi connectivity index (χ4v) is 1.58. The molecule has 0 aliphatic carbocycles. The minimum Gasteiger partial charge on any atom is -0.497 e. The van der Waals surface area contributed by atoms with Gasteiger partial charge in [-0.05, 0) is 30.7 Å². The summed E-state index contributed by atoms with van der Waals surface area (Å²) in [7, 11) is 3.16. The molecule has 1 aromatic carbocycles. The van der Waals surface area contributed by atoms with Crippen LogP contribution in [0.25, 0.3) is 0 Å². The number of hydrogen-bond acceptors (Lipinski definition) is 4. The highest BCUT2D eigenvalue weighted by molar-refractivity contribution is 5.96. The highest BCUT2D eigenvalue weighted by atomic mass is 16.5. The fourth-order valence-electron chi connectivity index (χ4n) is 1.58. The predicted octanol–water partition coefficient (Wildman–Crippen LogP) is 0.850. The Labute approximate surface area is 111 Å². The number of hydrogen-bond donors (Lipinski definition) is 2. The monoisotopic (exact) mass is 266 g/mol. The second-order valence-corrected chi connectivity index (χ2v) is 4.13. The quantitative estimate of drug-likeness (QED) is 0.796. The van der Waals surface area contributed by atoms with Crippen molar-refractivity contribution in [3.8, 4) is 5.75 Å². The van der Waals surface area contributed by atoms with E-state index in [1.807, 2.05) is 0 Å². The first-order valence-electron chi connectivity index (χ1n) is 5.84. The molecule has 1 amide bonds. The van der Waals surface area contributed by atoms with E-state index < -0.39 is 12.0 Å². The number of amides is 1. The molecule has 0 heterocycles. The van der Waals surface area contributed by atoms with Crippen LogP contribution in [0, 0.1) is 0 Å². The van der Waals surface area contributed by atoms with Crippen molar-refractivity contribution in [2.75, 3.05) is 19.1 Å². The molecular weight excluding hydrogens is 248 g/mol. The van der Waals surface area contributed by atoms with Gasteiger partial charge in [0.25, 0.3) is 0 Å². The number of carbonyl (C=O) groups excluding carboxylic acids is 1. The average Bonchev–Trinajstić information content (AvgIpc) is 2.43. The van der Waals surface area contributed by atoms with Crippen molar-refractivity contribution in [1.29, 1.82) is 0 Å². The molecule has 6 nitrogen and oxygen atoms in total. The lowest BCUT2D eigenvalue weighted by atomic mass is 10.1. The van der Waals surface area contributed by atoms with Crippen LogP contribution >= 0.6 is 0 Å². The molecule has 0 spiro atoms. The number of rotatable bonds is 6. The van der Waals surface area contributed by atoms with Gasteiger partial charge in [-0.15, -0.1) is 0 Å². The highest BCUT2D eigenvalue weighted by Gasteiger charge is 2.19. The molecule has 0 bridgehead atoms. The summed E-state index contributed by atoms with van der Waals surface area (Å²) in [5.41, 5.74) is 6.36. The summed E-state index contributed by atoms with van der Waals surface area (Å²) in [6, 6.07) is 6.13. The number of carboxylic acid groups (broad SMARTS) is 1. The summed E-state index contributed by atoms with van der Waals surface area (Å²) >= 11 is 0. The average molecular weight is 266 g/mol. The zero-order valence-electron chi connectivity index (χ0n) is 11.0. The molecule has 0 radical (unpaired) electrons. The van der Waals surface area contributed by atoms with Crippen LogP contribution < -0.4 is 15.4 Å². The molecule has 1 atom stereocenters. The maximum absolute atomic E-state index is 12.0. The Bertz CT molecular complexity index is 444. The van der Waals surface area contributed by atoms with Crippen molar-refractivity contribution >= 4 is 17.6 Å². The van der Waals surface area contributed by atoms with Crippen LogP contribution in [0.2, 0.25) is 0 Å². The second kappa shape index (κ2) is 6.75. The number of carboxylic acids is 1. The van der Waals surface area contributed by atoms with E-state index in [2.05, 4.69) is 0 Å². The lowest BCUT2D eigenvalue weighted by molar-refractivity contribution is -0.137. The molecule has 0 saturated heterocycles. The Kier molecular flexibility index (Phi) is 5.32. The third-order valence-electron chi connectivity index (χ3n) is 2.78. The molecule has 1 aromatic rings. The number of nitrogens with two attached hydrogens (primary N) is 1. The van der Waals surface area contributed by atoms with Crippen LogP contribution in [0.4, 0.5) is 5.69 Å². The lowest BCUT2D eigenvalue weighted by Gasteiger charge is -2.21. The van der Waals surface area contributed by atoms with Gasteiger partial charge in [-0.3, -0.25) is 9.59 Å². The zero-order valence-corrected chi connectivity index (χ0v) is 11.0. The smallest absolute Gasteiger partial charge is 0.303 e. The lowest BCUT2D eigenvalue weighted by Crippen LogP contribution is -2.42. The summed E-state index contributed by atoms with van der Waals surface area (Å²) < 4.78 is 5.03. The number of benzene rings is 1. The Morgan fingerprint density at radius 2 is 1.95 bits per heavy atom. The first kappa shape index (κ1) is 15.0. The Morgan fingerprint density at radius 3 is 2.42 bits per heavy atom. The van der Waals surface area contributed by atoms with Crippen LogP contribution in [0.5, 0.6) is 5.75 Å². The van der Waals surface area contributed by atoms with Gasteiger partial charge in [-0.1, -0.05) is 0 Å². The van der Waals surface area contributed by atoms with Crippen LogP contribution in [-0.2, 0) is 9.59 Å². The molecule has 0 fully saturated rings. The van der Waals surface area contributed by atoms with E-state index in [1.165, 1.54) is 4.90 Å². The number of aliphatic carboxylic acids is 1. The predicted molar refractivity (Wildman–Crippen MR) is 71.2 cm³/mol. The number of methoxy groups -OCH3 is 1. The van der Waals surface area contributed by atoms with Crippen LogP contribution in [0.1, 0.15) is 12.8 Å². The minimum atomic E-state index is -0.963. The molecule has 0 aliphatic rings. The largest absolute Gasteiger partial charge is 0.497 e. The van der Waals surface area contributed by atoms with Gasteiger partial charge in [-0.25, -0.2) is 0 Å². The standard InChI is InChI=1S/C13H18N2O4/c1-15(9-3-5-10(19-2)6-4-9)13(18)11(14)7-8-12(16)17/h3-6,11H,7-8,14H2,1-2H3,(H,16,17). The summed E-state index contributed by atoms with van der Waals surface area (Å²) in [5.74, 6) is -0.582. The van der Waals surface area contributed by atoms with E-state index in [4.69, 9.17) is 15.6 Å². The fraction of sp³-hybridized carbons (Fsp3) is 0.385. The molecule has 0 aliphatic heterocycles. The number of carbonyl (C=O) groups is 2. The molecule has 0 aromatic heterocycles. The maximum Gasteiger partial charge on any atom is 0.303 e. The number of likely N-dealkylation sites (N-methyl/N-ethyl adjacent to an activating group) is 1. The van der Waals surface area contributed by atoms with Crippen molar-refractivity contribution in [2.24, 2.45) is 5.73 Å². The summed E-state index contributed by atoms with van der Waals surface area (Å²) in [6.45, 7) is 0. The molecular formula is C13H18N2O4. The van der Waals surface area contributed by atoms with Crippen LogP contribution in [0.15, 0.2) is 24.3 Å². The Morgan fingerprint density at radius 1 is 1.37 bits per heavy atom. The maximum atomic E-state index is 12.0. The summed E-state index contributed by atoms with van der Waals surface area (Å²) in [5, 5.41) is 8.56. The number of nitrogens with zero attached hydrogens (tertiary/aromatic N) is 1. The number of anilines is 1. The summed E-state index contributed by atoms with van der Waals surface area (Å²) in [6.07, 6.45) is -0.00196. The molecule has 3 N–H and O–H groups in total. The zero-order chi connectivity index (χ0) is 14.4.